The first-order valence-electron chi connectivity index (χ1n) is 8.50. The maximum absolute atomic E-state index is 9.06. The van der Waals surface area contributed by atoms with Crippen molar-refractivity contribution in [3.05, 3.63) is 12.7 Å². The third-order valence-electron chi connectivity index (χ3n) is 3.43. The molecule has 0 aliphatic carbocycles. The minimum absolute atomic E-state index is 0.310. The van der Waals surface area contributed by atoms with E-state index in [9.17, 15) is 0 Å². The van der Waals surface area contributed by atoms with E-state index >= 15 is 0 Å². The van der Waals surface area contributed by atoms with Crippen LogP contribution in [0.25, 0.3) is 0 Å². The van der Waals surface area contributed by atoms with Crippen molar-refractivity contribution in [1.82, 2.24) is 0 Å². The lowest BCUT2D eigenvalue weighted by atomic mass is 9.96. The Morgan fingerprint density at radius 1 is 0.900 bits per heavy atom. The van der Waals surface area contributed by atoms with Gasteiger partial charge in [-0.15, -0.1) is 6.58 Å². The summed E-state index contributed by atoms with van der Waals surface area (Å²) in [5, 5.41) is 17.8. The third kappa shape index (κ3) is 17.7. The van der Waals surface area contributed by atoms with Gasteiger partial charge in [0, 0.05) is 0 Å². The number of aliphatic hydroxyl groups excluding tert-OH is 2. The largest absolute Gasteiger partial charge is 0.393 e. The van der Waals surface area contributed by atoms with Crippen LogP contribution in [-0.2, 0) is 0 Å². The van der Waals surface area contributed by atoms with E-state index in [0.29, 0.717) is 6.42 Å². The van der Waals surface area contributed by atoms with Crippen molar-refractivity contribution in [2.75, 3.05) is 0 Å². The molecule has 2 heteroatoms. The number of unbranched alkanes of at least 4 members (excludes halogenated alkanes) is 2. The molecule has 0 spiro atoms. The topological polar surface area (TPSA) is 40.5 Å². The van der Waals surface area contributed by atoms with Crippen molar-refractivity contribution < 1.29 is 10.2 Å². The molecular formula is C18H38O2. The summed E-state index contributed by atoms with van der Waals surface area (Å²) in [7, 11) is 0. The summed E-state index contributed by atoms with van der Waals surface area (Å²) in [5.74, 6) is 0.787. The summed E-state index contributed by atoms with van der Waals surface area (Å²) < 4.78 is 0. The van der Waals surface area contributed by atoms with E-state index in [1.165, 1.54) is 38.5 Å². The zero-order valence-corrected chi connectivity index (χ0v) is 14.3. The second-order valence-corrected chi connectivity index (χ2v) is 5.81. The summed E-state index contributed by atoms with van der Waals surface area (Å²) >= 11 is 0. The van der Waals surface area contributed by atoms with E-state index in [0.717, 1.165) is 18.8 Å². The molecule has 20 heavy (non-hydrogen) atoms. The molecule has 0 saturated carbocycles. The van der Waals surface area contributed by atoms with Crippen LogP contribution in [0.5, 0.6) is 0 Å². The minimum atomic E-state index is -0.369. The molecule has 0 aliphatic rings. The minimum Gasteiger partial charge on any atom is -0.393 e. The molecule has 0 fully saturated rings. The molecule has 0 aromatic carbocycles. The highest BCUT2D eigenvalue weighted by molar-refractivity contribution is 4.78. The summed E-state index contributed by atoms with van der Waals surface area (Å²) in [6.07, 6.45) is 11.8. The lowest BCUT2D eigenvalue weighted by molar-refractivity contribution is 0.0848. The van der Waals surface area contributed by atoms with E-state index in [2.05, 4.69) is 26.5 Å². The molecule has 0 radical (unpaired) electrons. The fourth-order valence-electron chi connectivity index (χ4n) is 2.16. The van der Waals surface area contributed by atoms with Crippen LogP contribution < -0.4 is 0 Å². The van der Waals surface area contributed by atoms with Crippen LogP contribution in [0.15, 0.2) is 12.7 Å². The molecule has 0 bridgehead atoms. The normalized spacial score (nSPS) is 13.6. The van der Waals surface area contributed by atoms with Crippen LogP contribution in [0.4, 0.5) is 0 Å². The zero-order valence-electron chi connectivity index (χ0n) is 14.3. The van der Waals surface area contributed by atoms with Crippen molar-refractivity contribution in [3.8, 4) is 0 Å². The fourth-order valence-corrected chi connectivity index (χ4v) is 2.16. The quantitative estimate of drug-likeness (QED) is 0.519. The Morgan fingerprint density at radius 2 is 1.40 bits per heavy atom. The summed E-state index contributed by atoms with van der Waals surface area (Å²) in [6, 6.07) is 0. The van der Waals surface area contributed by atoms with E-state index in [-0.39, 0.29) is 12.2 Å². The van der Waals surface area contributed by atoms with Gasteiger partial charge in [0.05, 0.1) is 12.2 Å². The molecule has 2 atom stereocenters. The molecule has 2 nitrogen and oxygen atoms in total. The Labute approximate surface area is 127 Å². The molecule has 0 saturated heterocycles. The Morgan fingerprint density at radius 3 is 1.70 bits per heavy atom. The Bertz CT molecular complexity index is 182. The van der Waals surface area contributed by atoms with Gasteiger partial charge in [-0.3, -0.25) is 0 Å². The van der Waals surface area contributed by atoms with Crippen LogP contribution in [0, 0.1) is 5.92 Å². The van der Waals surface area contributed by atoms with Gasteiger partial charge in [0.2, 0.25) is 0 Å². The predicted octanol–water partition coefficient (Wildman–Crippen LogP) is 5.09. The van der Waals surface area contributed by atoms with Crippen molar-refractivity contribution in [3.63, 3.8) is 0 Å². The van der Waals surface area contributed by atoms with Gasteiger partial charge < -0.3 is 10.2 Å². The van der Waals surface area contributed by atoms with Gasteiger partial charge in [-0.25, -0.2) is 0 Å². The number of rotatable bonds is 11. The smallest absolute Gasteiger partial charge is 0.0564 e. The highest BCUT2D eigenvalue weighted by Crippen LogP contribution is 2.16. The predicted molar refractivity (Wildman–Crippen MR) is 89.9 cm³/mol. The Balaban J connectivity index is 0. The third-order valence-corrected chi connectivity index (χ3v) is 3.43. The van der Waals surface area contributed by atoms with Crippen LogP contribution in [0.1, 0.15) is 85.5 Å². The Hall–Kier alpha value is -0.340. The summed E-state index contributed by atoms with van der Waals surface area (Å²) in [6.45, 7) is 12.1. The lowest BCUT2D eigenvalue weighted by Gasteiger charge is -2.09. The van der Waals surface area contributed by atoms with Crippen molar-refractivity contribution in [1.29, 1.82) is 0 Å². The molecule has 2 N–H and O–H groups in total. The number of aliphatic hydroxyl groups is 2. The first-order valence-corrected chi connectivity index (χ1v) is 8.50. The van der Waals surface area contributed by atoms with Crippen LogP contribution in [-0.4, -0.2) is 22.4 Å². The summed E-state index contributed by atoms with van der Waals surface area (Å²) in [4.78, 5) is 0. The van der Waals surface area contributed by atoms with Crippen molar-refractivity contribution in [2.45, 2.75) is 97.7 Å². The van der Waals surface area contributed by atoms with E-state index in [4.69, 9.17) is 10.2 Å². The molecule has 122 valence electrons. The average molecular weight is 286 g/mol. The molecule has 0 aliphatic heterocycles. The van der Waals surface area contributed by atoms with Gasteiger partial charge in [0.25, 0.3) is 0 Å². The van der Waals surface area contributed by atoms with Crippen molar-refractivity contribution in [2.24, 2.45) is 5.92 Å². The highest BCUT2D eigenvalue weighted by atomic mass is 16.3. The maximum Gasteiger partial charge on any atom is 0.0564 e. The summed E-state index contributed by atoms with van der Waals surface area (Å²) in [5.41, 5.74) is 0. The van der Waals surface area contributed by atoms with Gasteiger partial charge >= 0.3 is 0 Å². The van der Waals surface area contributed by atoms with Gasteiger partial charge in [0.15, 0.2) is 0 Å². The number of hydrogen-bond donors (Lipinski definition) is 2. The molecular weight excluding hydrogens is 248 g/mol. The Kier molecular flexibility index (Phi) is 18.3. The highest BCUT2D eigenvalue weighted by Gasteiger charge is 2.05. The van der Waals surface area contributed by atoms with Crippen LogP contribution in [0.2, 0.25) is 0 Å². The zero-order chi connectivity index (χ0) is 15.8. The van der Waals surface area contributed by atoms with Gasteiger partial charge in [-0.2, -0.15) is 0 Å². The first kappa shape index (κ1) is 21.9. The lowest BCUT2D eigenvalue weighted by Crippen LogP contribution is -2.13. The first-order chi connectivity index (χ1) is 9.51. The molecule has 0 aromatic heterocycles. The second-order valence-electron chi connectivity index (χ2n) is 5.81. The molecule has 0 rings (SSSR count). The maximum atomic E-state index is 9.06. The van der Waals surface area contributed by atoms with Gasteiger partial charge in [-0.1, -0.05) is 59.0 Å². The SMILES string of the molecule is C=CC(CCCC)CCCC.CCCC(O)CC(C)O. The van der Waals surface area contributed by atoms with Gasteiger partial charge in [-0.05, 0) is 38.5 Å². The number of allylic oxidation sites excluding steroid dienone is 1. The molecule has 0 amide bonds. The van der Waals surface area contributed by atoms with Crippen LogP contribution >= 0.6 is 0 Å². The number of hydrogen-bond acceptors (Lipinski definition) is 2. The van der Waals surface area contributed by atoms with Crippen molar-refractivity contribution >= 4 is 0 Å². The fraction of sp³-hybridized carbons (Fsp3) is 0.889. The molecule has 0 heterocycles. The molecule has 2 unspecified atom stereocenters. The van der Waals surface area contributed by atoms with E-state index < -0.39 is 0 Å². The monoisotopic (exact) mass is 286 g/mol. The van der Waals surface area contributed by atoms with Gasteiger partial charge in [0.1, 0.15) is 0 Å². The standard InChI is InChI=1S/C11H22.C7H16O2/c1-4-7-9-11(6-3)10-8-5-2;1-3-4-7(9)5-6(2)8/h6,11H,3-5,7-10H2,1-2H3;6-9H,3-5H2,1-2H3. The molecule has 0 aromatic rings. The van der Waals surface area contributed by atoms with E-state index in [1.54, 1.807) is 6.92 Å². The second kappa shape index (κ2) is 16.7. The average Bonchev–Trinajstić information content (AvgIpc) is 2.39. The van der Waals surface area contributed by atoms with Crippen LogP contribution in [0.3, 0.4) is 0 Å². The van der Waals surface area contributed by atoms with E-state index in [1.807, 2.05) is 6.92 Å².